The van der Waals surface area contributed by atoms with E-state index in [1.165, 1.54) is 13.2 Å². The molecular formula is C10H17N3O5. The van der Waals surface area contributed by atoms with Crippen molar-refractivity contribution in [2.45, 2.75) is 30.7 Å². The molecule has 0 unspecified atom stereocenters. The number of azide groups is 1. The van der Waals surface area contributed by atoms with Gasteiger partial charge in [-0.05, 0) is 5.53 Å². The van der Waals surface area contributed by atoms with Crippen LogP contribution < -0.4 is 0 Å². The highest BCUT2D eigenvalue weighted by Gasteiger charge is 2.44. The molecule has 0 amide bonds. The molecule has 1 rings (SSSR count). The summed E-state index contributed by atoms with van der Waals surface area (Å²) in [7, 11) is 1.34. The minimum Gasteiger partial charge on any atom is -0.387 e. The van der Waals surface area contributed by atoms with E-state index in [0.29, 0.717) is 0 Å². The molecule has 0 bridgehead atoms. The molecule has 1 heterocycles. The topological polar surface area (TPSA) is 117 Å². The molecule has 0 aromatic carbocycles. The lowest BCUT2D eigenvalue weighted by atomic mass is 9.98. The van der Waals surface area contributed by atoms with Gasteiger partial charge in [0.15, 0.2) is 6.29 Å². The molecular weight excluding hydrogens is 242 g/mol. The zero-order valence-corrected chi connectivity index (χ0v) is 10.0. The molecule has 5 atom stereocenters. The van der Waals surface area contributed by atoms with Gasteiger partial charge in [-0.1, -0.05) is 11.2 Å². The summed E-state index contributed by atoms with van der Waals surface area (Å²) in [5.41, 5.74) is 8.30. The van der Waals surface area contributed by atoms with Gasteiger partial charge in [-0.25, -0.2) is 0 Å². The van der Waals surface area contributed by atoms with Crippen molar-refractivity contribution in [3.63, 3.8) is 0 Å². The van der Waals surface area contributed by atoms with Crippen LogP contribution in [0.15, 0.2) is 17.8 Å². The van der Waals surface area contributed by atoms with Crippen LogP contribution in [0.1, 0.15) is 0 Å². The first-order valence-electron chi connectivity index (χ1n) is 5.43. The van der Waals surface area contributed by atoms with Gasteiger partial charge in [-0.3, -0.25) is 0 Å². The Bertz CT molecular complexity index is 321. The first-order chi connectivity index (χ1) is 8.65. The first-order valence-corrected chi connectivity index (χ1v) is 5.43. The third-order valence-electron chi connectivity index (χ3n) is 2.60. The maximum Gasteiger partial charge on any atom is 0.186 e. The second-order valence-corrected chi connectivity index (χ2v) is 3.76. The van der Waals surface area contributed by atoms with E-state index in [-0.39, 0.29) is 13.2 Å². The maximum atomic E-state index is 9.93. The summed E-state index contributed by atoms with van der Waals surface area (Å²) in [5.74, 6) is 0. The van der Waals surface area contributed by atoms with E-state index in [1.54, 1.807) is 0 Å². The highest BCUT2D eigenvalue weighted by molar-refractivity contribution is 4.92. The number of rotatable bonds is 6. The van der Waals surface area contributed by atoms with Crippen LogP contribution in [0, 0.1) is 0 Å². The van der Waals surface area contributed by atoms with Crippen molar-refractivity contribution < 1.29 is 24.4 Å². The quantitative estimate of drug-likeness (QED) is 0.300. The fourth-order valence-corrected chi connectivity index (χ4v) is 1.75. The summed E-state index contributed by atoms with van der Waals surface area (Å²) in [5, 5.41) is 23.1. The number of nitrogens with zero attached hydrogens (tertiary/aromatic N) is 3. The molecule has 18 heavy (non-hydrogen) atoms. The number of ether oxygens (including phenoxy) is 3. The van der Waals surface area contributed by atoms with Crippen LogP contribution >= 0.6 is 0 Å². The summed E-state index contributed by atoms with van der Waals surface area (Å²) < 4.78 is 15.6. The molecule has 8 nitrogen and oxygen atoms in total. The Morgan fingerprint density at radius 1 is 1.50 bits per heavy atom. The van der Waals surface area contributed by atoms with Crippen molar-refractivity contribution in [2.24, 2.45) is 5.11 Å². The second kappa shape index (κ2) is 7.32. The van der Waals surface area contributed by atoms with Crippen molar-refractivity contribution in [2.75, 3.05) is 20.3 Å². The van der Waals surface area contributed by atoms with E-state index in [2.05, 4.69) is 16.6 Å². The molecule has 0 aromatic rings. The number of aliphatic hydroxyl groups is 2. The van der Waals surface area contributed by atoms with E-state index in [0.717, 1.165) is 0 Å². The Balaban J connectivity index is 2.78. The lowest BCUT2D eigenvalue weighted by Gasteiger charge is -2.41. The summed E-state index contributed by atoms with van der Waals surface area (Å²) >= 11 is 0. The minimum atomic E-state index is -1.23. The molecule has 0 aromatic heterocycles. The molecule has 2 N–H and O–H groups in total. The Morgan fingerprint density at radius 3 is 2.78 bits per heavy atom. The van der Waals surface area contributed by atoms with Crippen molar-refractivity contribution in [3.8, 4) is 0 Å². The highest BCUT2D eigenvalue weighted by atomic mass is 16.7. The van der Waals surface area contributed by atoms with Gasteiger partial charge in [0, 0.05) is 12.0 Å². The molecule has 8 heteroatoms. The molecule has 1 saturated heterocycles. The molecule has 0 radical (unpaired) electrons. The third-order valence-corrected chi connectivity index (χ3v) is 2.60. The van der Waals surface area contributed by atoms with E-state index in [9.17, 15) is 10.2 Å². The molecule has 1 aliphatic rings. The number of hydrogen-bond donors (Lipinski definition) is 2. The maximum absolute atomic E-state index is 9.93. The van der Waals surface area contributed by atoms with Crippen LogP contribution in [0.4, 0.5) is 0 Å². The van der Waals surface area contributed by atoms with E-state index < -0.39 is 30.7 Å². The van der Waals surface area contributed by atoms with E-state index >= 15 is 0 Å². The third kappa shape index (κ3) is 3.42. The Labute approximate surface area is 104 Å². The van der Waals surface area contributed by atoms with Gasteiger partial charge >= 0.3 is 0 Å². The van der Waals surface area contributed by atoms with Crippen molar-refractivity contribution in [3.05, 3.63) is 23.1 Å². The van der Waals surface area contributed by atoms with Crippen LogP contribution in [0.5, 0.6) is 0 Å². The lowest BCUT2D eigenvalue weighted by molar-refractivity contribution is -0.293. The SMILES string of the molecule is C=CCO[C@H]1[C@H](O)[C@H](O)[C@@H](OC)O[C@@H]1CN=[N+]=[N-]. The van der Waals surface area contributed by atoms with Crippen molar-refractivity contribution in [1.29, 1.82) is 0 Å². The first kappa shape index (κ1) is 14.9. The molecule has 0 saturated carbocycles. The average Bonchev–Trinajstić information content (AvgIpc) is 2.39. The van der Waals surface area contributed by atoms with Gasteiger partial charge in [0.2, 0.25) is 0 Å². The lowest BCUT2D eigenvalue weighted by Crippen LogP contribution is -2.59. The normalized spacial score (nSPS) is 35.8. The van der Waals surface area contributed by atoms with E-state index in [1.807, 2.05) is 0 Å². The second-order valence-electron chi connectivity index (χ2n) is 3.76. The van der Waals surface area contributed by atoms with Crippen LogP contribution in [0.25, 0.3) is 10.4 Å². The zero-order chi connectivity index (χ0) is 13.5. The van der Waals surface area contributed by atoms with Gasteiger partial charge in [-0.2, -0.15) is 0 Å². The molecule has 0 aliphatic carbocycles. The fourth-order valence-electron chi connectivity index (χ4n) is 1.75. The molecule has 1 aliphatic heterocycles. The minimum absolute atomic E-state index is 0.0258. The number of methoxy groups -OCH3 is 1. The van der Waals surface area contributed by atoms with Crippen LogP contribution in [0.2, 0.25) is 0 Å². The van der Waals surface area contributed by atoms with Gasteiger partial charge < -0.3 is 24.4 Å². The summed E-state index contributed by atoms with van der Waals surface area (Å²) in [6.45, 7) is 3.65. The van der Waals surface area contributed by atoms with Crippen molar-refractivity contribution in [1.82, 2.24) is 0 Å². The Morgan fingerprint density at radius 2 is 2.22 bits per heavy atom. The summed E-state index contributed by atoms with van der Waals surface area (Å²) in [4.78, 5) is 2.62. The number of hydrogen-bond acceptors (Lipinski definition) is 6. The van der Waals surface area contributed by atoms with Crippen LogP contribution in [-0.2, 0) is 14.2 Å². The predicted octanol–water partition coefficient (Wildman–Crippen LogP) is -0.0390. The zero-order valence-electron chi connectivity index (χ0n) is 10.0. The van der Waals surface area contributed by atoms with Crippen molar-refractivity contribution >= 4 is 0 Å². The smallest absolute Gasteiger partial charge is 0.186 e. The van der Waals surface area contributed by atoms with Gasteiger partial charge in [0.25, 0.3) is 0 Å². The average molecular weight is 259 g/mol. The fraction of sp³-hybridized carbons (Fsp3) is 0.800. The Kier molecular flexibility index (Phi) is 6.06. The summed E-state index contributed by atoms with van der Waals surface area (Å²) in [6.07, 6.45) is -3.40. The predicted molar refractivity (Wildman–Crippen MR) is 61.6 cm³/mol. The molecule has 0 spiro atoms. The van der Waals surface area contributed by atoms with Gasteiger partial charge in [-0.15, -0.1) is 6.58 Å². The molecule has 102 valence electrons. The Hall–Kier alpha value is -1.15. The number of aliphatic hydroxyl groups excluding tert-OH is 2. The highest BCUT2D eigenvalue weighted by Crippen LogP contribution is 2.24. The largest absolute Gasteiger partial charge is 0.387 e. The van der Waals surface area contributed by atoms with Crippen LogP contribution in [-0.4, -0.2) is 61.2 Å². The van der Waals surface area contributed by atoms with Gasteiger partial charge in [0.1, 0.15) is 18.3 Å². The molecule has 1 fully saturated rings. The monoisotopic (exact) mass is 259 g/mol. The van der Waals surface area contributed by atoms with Crippen LogP contribution in [0.3, 0.4) is 0 Å². The standard InChI is InChI=1S/C10H17N3O5/c1-3-4-17-9-6(5-12-13-11)18-10(16-2)8(15)7(9)14/h3,6-10,14-15H,1,4-5H2,2H3/t6-,7-,8+,9-,10+/m1/s1. The summed E-state index contributed by atoms with van der Waals surface area (Å²) in [6, 6.07) is 0. The van der Waals surface area contributed by atoms with E-state index in [4.69, 9.17) is 19.7 Å². The van der Waals surface area contributed by atoms with Gasteiger partial charge in [0.05, 0.1) is 19.3 Å².